The summed E-state index contributed by atoms with van der Waals surface area (Å²) in [6.45, 7) is 12.8. The van der Waals surface area contributed by atoms with Crippen LogP contribution in [0, 0.1) is 11.3 Å². The third-order valence-electron chi connectivity index (χ3n) is 5.59. The molecule has 2 aliphatic rings. The topological polar surface area (TPSA) is 66.8 Å². The molecule has 1 unspecified atom stereocenters. The number of carboxylic acid groups (broad SMARTS) is 1. The molecule has 0 aliphatic carbocycles. The second-order valence-electron chi connectivity index (χ2n) is 8.59. The molecule has 0 bridgehead atoms. The average molecular weight is 357 g/mol. The van der Waals surface area contributed by atoms with E-state index in [9.17, 15) is 14.7 Å². The molecule has 140 valence electrons. The number of hydrogen-bond donors (Lipinski definition) is 1. The summed E-state index contributed by atoms with van der Waals surface area (Å²) < 4.78 is 6.51. The molecule has 5 heteroatoms. The highest BCUT2D eigenvalue weighted by atomic mass is 16.5. The Hall–Kier alpha value is -2.30. The molecule has 1 saturated heterocycles. The van der Waals surface area contributed by atoms with E-state index in [2.05, 4.69) is 27.4 Å². The van der Waals surface area contributed by atoms with Crippen molar-refractivity contribution < 1.29 is 19.4 Å². The van der Waals surface area contributed by atoms with Gasteiger partial charge in [0.2, 0.25) is 0 Å². The molecule has 2 heterocycles. The fraction of sp³-hybridized carbons (Fsp3) is 0.524. The van der Waals surface area contributed by atoms with Crippen LogP contribution in [0.5, 0.6) is 5.75 Å². The molecule has 3 rings (SSSR count). The van der Waals surface area contributed by atoms with E-state index in [-0.39, 0.29) is 17.1 Å². The summed E-state index contributed by atoms with van der Waals surface area (Å²) in [5, 5.41) is 9.27. The number of ether oxygens (including phenoxy) is 1. The molecule has 5 nitrogen and oxygen atoms in total. The highest BCUT2D eigenvalue weighted by Crippen LogP contribution is 2.50. The van der Waals surface area contributed by atoms with Crippen LogP contribution in [-0.2, 0) is 0 Å². The molecule has 1 atom stereocenters. The minimum absolute atomic E-state index is 0.0933. The van der Waals surface area contributed by atoms with Gasteiger partial charge in [0, 0.05) is 25.9 Å². The minimum Gasteiger partial charge on any atom is -0.486 e. The molecule has 1 aromatic rings. The van der Waals surface area contributed by atoms with Crippen molar-refractivity contribution >= 4 is 17.4 Å². The van der Waals surface area contributed by atoms with Crippen LogP contribution in [0.3, 0.4) is 0 Å². The van der Waals surface area contributed by atoms with Crippen molar-refractivity contribution in [2.75, 3.05) is 13.1 Å². The molecule has 0 saturated carbocycles. The lowest BCUT2D eigenvalue weighted by Gasteiger charge is -2.52. The fourth-order valence-electron chi connectivity index (χ4n) is 4.40. The third-order valence-corrected chi connectivity index (χ3v) is 5.59. The van der Waals surface area contributed by atoms with Gasteiger partial charge in [-0.3, -0.25) is 4.79 Å². The predicted octanol–water partition coefficient (Wildman–Crippen LogP) is 4.47. The zero-order valence-electron chi connectivity index (χ0n) is 16.0. The second kappa shape index (κ2) is 6.15. The number of carbonyl (C=O) groups excluding carboxylic acids is 1. The number of hydrogen-bond acceptors (Lipinski definition) is 3. The normalized spacial score (nSPS) is 21.9. The maximum atomic E-state index is 13.4. The minimum atomic E-state index is -0.917. The molecular weight excluding hydrogens is 330 g/mol. The number of amides is 1. The lowest BCUT2D eigenvalue weighted by molar-refractivity contribution is -0.0696. The zero-order valence-corrected chi connectivity index (χ0v) is 16.0. The lowest BCUT2D eigenvalue weighted by Crippen LogP contribution is -2.60. The Balaban J connectivity index is 2.05. The van der Waals surface area contributed by atoms with Gasteiger partial charge >= 0.3 is 6.09 Å². The Morgan fingerprint density at radius 1 is 1.31 bits per heavy atom. The molecular formula is C21H27NO4. The molecule has 1 amide bonds. The van der Waals surface area contributed by atoms with Gasteiger partial charge in [-0.2, -0.15) is 0 Å². The van der Waals surface area contributed by atoms with Gasteiger partial charge in [-0.25, -0.2) is 4.79 Å². The van der Waals surface area contributed by atoms with Crippen molar-refractivity contribution in [1.29, 1.82) is 0 Å². The average Bonchev–Trinajstić information content (AvgIpc) is 2.53. The quantitative estimate of drug-likeness (QED) is 0.805. The van der Waals surface area contributed by atoms with Crippen molar-refractivity contribution in [3.05, 3.63) is 35.9 Å². The molecule has 1 spiro atoms. The van der Waals surface area contributed by atoms with E-state index in [0.29, 0.717) is 37.2 Å². The van der Waals surface area contributed by atoms with Gasteiger partial charge in [-0.1, -0.05) is 39.0 Å². The van der Waals surface area contributed by atoms with Gasteiger partial charge in [0.1, 0.15) is 11.4 Å². The molecule has 0 aromatic heterocycles. The summed E-state index contributed by atoms with van der Waals surface area (Å²) in [6.07, 6.45) is 0.118. The van der Waals surface area contributed by atoms with Gasteiger partial charge in [0.05, 0.1) is 11.5 Å². The van der Waals surface area contributed by atoms with Crippen LogP contribution in [0.2, 0.25) is 0 Å². The number of likely N-dealkylation sites (tertiary alicyclic amines) is 1. The number of Topliss-reactive ketones (excluding diaryl/α,β-unsaturated/α-hetero) is 1. The van der Waals surface area contributed by atoms with E-state index in [1.807, 2.05) is 25.1 Å². The monoisotopic (exact) mass is 357 g/mol. The Kier molecular flexibility index (Phi) is 4.37. The van der Waals surface area contributed by atoms with Crippen LogP contribution in [-0.4, -0.2) is 40.6 Å². The first-order valence-corrected chi connectivity index (χ1v) is 9.06. The fourth-order valence-corrected chi connectivity index (χ4v) is 4.40. The molecule has 26 heavy (non-hydrogen) atoms. The van der Waals surface area contributed by atoms with E-state index in [4.69, 9.17) is 4.74 Å². The summed E-state index contributed by atoms with van der Waals surface area (Å²) in [4.78, 5) is 26.1. The summed E-state index contributed by atoms with van der Waals surface area (Å²) in [5.74, 6) is 0.379. The van der Waals surface area contributed by atoms with Gasteiger partial charge in [-0.05, 0) is 30.0 Å². The number of fused-ring (bicyclic) bond motifs is 1. The number of ketones is 1. The van der Waals surface area contributed by atoms with E-state index in [0.717, 1.165) is 11.1 Å². The van der Waals surface area contributed by atoms with Crippen LogP contribution in [0.1, 0.15) is 56.5 Å². The highest BCUT2D eigenvalue weighted by molar-refractivity contribution is 6.03. The molecule has 1 aromatic carbocycles. The molecule has 2 aliphatic heterocycles. The number of nitrogens with zero attached hydrogens (tertiary/aromatic N) is 1. The number of benzene rings is 1. The van der Waals surface area contributed by atoms with Crippen LogP contribution in [0.15, 0.2) is 24.8 Å². The molecule has 1 N–H and O–H groups in total. The second-order valence-corrected chi connectivity index (χ2v) is 8.59. The summed E-state index contributed by atoms with van der Waals surface area (Å²) in [6, 6.07) is 5.63. The summed E-state index contributed by atoms with van der Waals surface area (Å²) in [7, 11) is 0. The van der Waals surface area contributed by atoms with Crippen molar-refractivity contribution in [3.63, 3.8) is 0 Å². The molecule has 1 fully saturated rings. The van der Waals surface area contributed by atoms with E-state index in [1.54, 1.807) is 0 Å². The van der Waals surface area contributed by atoms with Crippen molar-refractivity contribution in [2.24, 2.45) is 11.3 Å². The van der Waals surface area contributed by atoms with Crippen LogP contribution in [0.25, 0.3) is 5.57 Å². The zero-order chi connectivity index (χ0) is 19.3. The summed E-state index contributed by atoms with van der Waals surface area (Å²) in [5.41, 5.74) is 1.52. The number of rotatable bonds is 1. The van der Waals surface area contributed by atoms with Crippen LogP contribution in [0.4, 0.5) is 4.79 Å². The predicted molar refractivity (Wildman–Crippen MR) is 101 cm³/mol. The number of allylic oxidation sites excluding steroid dienone is 1. The van der Waals surface area contributed by atoms with E-state index >= 15 is 0 Å². The van der Waals surface area contributed by atoms with Gasteiger partial charge in [-0.15, -0.1) is 0 Å². The first-order valence-electron chi connectivity index (χ1n) is 9.06. The Morgan fingerprint density at radius 2 is 1.92 bits per heavy atom. The van der Waals surface area contributed by atoms with Crippen molar-refractivity contribution in [1.82, 2.24) is 4.90 Å². The van der Waals surface area contributed by atoms with Gasteiger partial charge in [0.15, 0.2) is 5.78 Å². The van der Waals surface area contributed by atoms with Gasteiger partial charge in [0.25, 0.3) is 0 Å². The lowest BCUT2D eigenvalue weighted by atomic mass is 9.62. The first kappa shape index (κ1) is 18.5. The molecule has 0 radical (unpaired) electrons. The van der Waals surface area contributed by atoms with Crippen molar-refractivity contribution in [2.45, 2.75) is 46.1 Å². The highest BCUT2D eigenvalue weighted by Gasteiger charge is 2.55. The maximum absolute atomic E-state index is 13.4. The van der Waals surface area contributed by atoms with Crippen LogP contribution < -0.4 is 4.74 Å². The van der Waals surface area contributed by atoms with Crippen molar-refractivity contribution in [3.8, 4) is 5.75 Å². The summed E-state index contributed by atoms with van der Waals surface area (Å²) >= 11 is 0. The Labute approximate surface area is 154 Å². The smallest absolute Gasteiger partial charge is 0.407 e. The number of piperidine rings is 1. The number of carbonyl (C=O) groups is 2. The van der Waals surface area contributed by atoms with E-state index in [1.165, 1.54) is 4.90 Å². The Bertz CT molecular complexity index is 767. The van der Waals surface area contributed by atoms with E-state index < -0.39 is 11.7 Å². The van der Waals surface area contributed by atoms with Gasteiger partial charge < -0.3 is 14.7 Å². The third kappa shape index (κ3) is 3.00. The van der Waals surface area contributed by atoms with Crippen LogP contribution >= 0.6 is 0 Å². The standard InChI is InChI=1S/C21H27NO4/c1-13(2)14-6-7-15-16(12-14)26-21(18(17(15)23)20(3,4)5)8-10-22(11-9-21)19(24)25/h6-7,12,18H,1,8-11H2,2-5H3,(H,24,25). The first-order chi connectivity index (χ1) is 12.0. The SMILES string of the molecule is C=C(C)c1ccc2c(c1)OC1(CCN(C(=O)O)CC1)C(C(C)(C)C)C2=O. The largest absolute Gasteiger partial charge is 0.486 e. The Morgan fingerprint density at radius 3 is 2.42 bits per heavy atom. The maximum Gasteiger partial charge on any atom is 0.407 e.